The molecule has 4 heteroatoms. The Morgan fingerprint density at radius 3 is 3.21 bits per heavy atom. The molecule has 1 aliphatic heterocycles. The van der Waals surface area contributed by atoms with E-state index in [1.807, 2.05) is 4.90 Å². The Hall–Kier alpha value is -1.05. The largest absolute Gasteiger partial charge is 0.465 e. The molecule has 78 valence electrons. The lowest BCUT2D eigenvalue weighted by Crippen LogP contribution is -2.50. The molecule has 14 heavy (non-hydrogen) atoms. The van der Waals surface area contributed by atoms with Crippen molar-refractivity contribution in [3.8, 4) is 12.3 Å². The van der Waals surface area contributed by atoms with Gasteiger partial charge in [-0.25, -0.2) is 0 Å². The van der Waals surface area contributed by atoms with Crippen LogP contribution in [0, 0.1) is 12.3 Å². The van der Waals surface area contributed by atoms with E-state index in [4.69, 9.17) is 15.9 Å². The minimum absolute atomic E-state index is 0.248. The molecule has 0 N–H and O–H groups in total. The summed E-state index contributed by atoms with van der Waals surface area (Å²) in [5.41, 5.74) is 0. The van der Waals surface area contributed by atoms with E-state index < -0.39 is 0 Å². The van der Waals surface area contributed by atoms with E-state index in [0.717, 1.165) is 0 Å². The predicted octanol–water partition coefficient (Wildman–Crippen LogP) is -0.117. The molecule has 0 bridgehead atoms. The van der Waals surface area contributed by atoms with E-state index in [9.17, 15) is 4.79 Å². The van der Waals surface area contributed by atoms with Crippen LogP contribution in [0.2, 0.25) is 0 Å². The summed E-state index contributed by atoms with van der Waals surface area (Å²) in [6.07, 6.45) is 5.21. The van der Waals surface area contributed by atoms with Gasteiger partial charge in [0.05, 0.1) is 26.4 Å². The van der Waals surface area contributed by atoms with Gasteiger partial charge >= 0.3 is 5.97 Å². The highest BCUT2D eigenvalue weighted by atomic mass is 16.5. The van der Waals surface area contributed by atoms with Crippen LogP contribution in [0.25, 0.3) is 0 Å². The third-order valence-electron chi connectivity index (χ3n) is 2.09. The van der Waals surface area contributed by atoms with Gasteiger partial charge < -0.3 is 9.47 Å². The van der Waals surface area contributed by atoms with Gasteiger partial charge in [-0.1, -0.05) is 5.92 Å². The number of esters is 1. The molecular formula is C10H15NO3. The molecule has 1 heterocycles. The molecule has 0 aromatic heterocycles. The second-order valence-corrected chi connectivity index (χ2v) is 3.02. The van der Waals surface area contributed by atoms with Gasteiger partial charge in [-0.15, -0.1) is 6.42 Å². The highest BCUT2D eigenvalue weighted by molar-refractivity contribution is 5.76. The maximum atomic E-state index is 11.5. The average molecular weight is 197 g/mol. The van der Waals surface area contributed by atoms with Crippen LogP contribution < -0.4 is 0 Å². The fourth-order valence-electron chi connectivity index (χ4n) is 1.40. The van der Waals surface area contributed by atoms with Crippen molar-refractivity contribution in [1.29, 1.82) is 0 Å². The Morgan fingerprint density at radius 1 is 1.79 bits per heavy atom. The number of morpholine rings is 1. The van der Waals surface area contributed by atoms with Crippen LogP contribution >= 0.6 is 0 Å². The summed E-state index contributed by atoms with van der Waals surface area (Å²) in [5.74, 6) is 2.28. The van der Waals surface area contributed by atoms with Crippen molar-refractivity contribution in [1.82, 2.24) is 4.90 Å². The third kappa shape index (κ3) is 2.72. The molecule has 0 saturated carbocycles. The van der Waals surface area contributed by atoms with Gasteiger partial charge in [0.1, 0.15) is 6.04 Å². The lowest BCUT2D eigenvalue weighted by Gasteiger charge is -2.32. The molecule has 0 aliphatic carbocycles. The van der Waals surface area contributed by atoms with E-state index in [2.05, 4.69) is 5.92 Å². The molecule has 4 nitrogen and oxygen atoms in total. The van der Waals surface area contributed by atoms with Gasteiger partial charge in [0.15, 0.2) is 0 Å². The summed E-state index contributed by atoms with van der Waals surface area (Å²) >= 11 is 0. The zero-order chi connectivity index (χ0) is 10.4. The fourth-order valence-corrected chi connectivity index (χ4v) is 1.40. The van der Waals surface area contributed by atoms with Crippen LogP contribution in [-0.4, -0.2) is 49.8 Å². The van der Waals surface area contributed by atoms with Crippen molar-refractivity contribution >= 4 is 5.97 Å². The van der Waals surface area contributed by atoms with Gasteiger partial charge in [0.2, 0.25) is 0 Å². The molecule has 1 fully saturated rings. The lowest BCUT2D eigenvalue weighted by molar-refractivity contribution is -0.155. The van der Waals surface area contributed by atoms with Crippen LogP contribution in [0.4, 0.5) is 0 Å². The molecule has 0 spiro atoms. The Kier molecular flexibility index (Phi) is 4.44. The molecule has 0 unspecified atom stereocenters. The van der Waals surface area contributed by atoms with Crippen molar-refractivity contribution in [2.24, 2.45) is 0 Å². The Labute approximate surface area is 84.2 Å². The number of carbonyl (C=O) groups excluding carboxylic acids is 1. The Bertz CT molecular complexity index is 234. The maximum absolute atomic E-state index is 11.5. The first-order chi connectivity index (χ1) is 6.79. The van der Waals surface area contributed by atoms with Gasteiger partial charge in [0, 0.05) is 6.54 Å². The van der Waals surface area contributed by atoms with Crippen molar-refractivity contribution in [3.05, 3.63) is 0 Å². The van der Waals surface area contributed by atoms with Crippen molar-refractivity contribution < 1.29 is 14.3 Å². The molecule has 0 aromatic rings. The number of terminal acetylenes is 1. The van der Waals surface area contributed by atoms with Crippen molar-refractivity contribution in [2.45, 2.75) is 13.0 Å². The Balaban J connectivity index is 2.53. The van der Waals surface area contributed by atoms with E-state index in [1.54, 1.807) is 6.92 Å². The van der Waals surface area contributed by atoms with Crippen LogP contribution in [0.1, 0.15) is 6.92 Å². The predicted molar refractivity (Wildman–Crippen MR) is 51.6 cm³/mol. The fraction of sp³-hybridized carbons (Fsp3) is 0.700. The van der Waals surface area contributed by atoms with E-state index in [1.165, 1.54) is 0 Å². The maximum Gasteiger partial charge on any atom is 0.325 e. The normalized spacial score (nSPS) is 22.7. The van der Waals surface area contributed by atoms with E-state index in [-0.39, 0.29) is 12.0 Å². The first-order valence-corrected chi connectivity index (χ1v) is 4.71. The molecule has 1 aliphatic rings. The average Bonchev–Trinajstić information content (AvgIpc) is 2.19. The number of hydrogen-bond donors (Lipinski definition) is 0. The molecule has 1 saturated heterocycles. The van der Waals surface area contributed by atoms with Crippen molar-refractivity contribution in [2.75, 3.05) is 32.9 Å². The summed E-state index contributed by atoms with van der Waals surface area (Å²) in [6, 6.07) is -0.334. The number of rotatable bonds is 3. The molecule has 1 atom stereocenters. The summed E-state index contributed by atoms with van der Waals surface area (Å²) < 4.78 is 10.1. The van der Waals surface area contributed by atoms with Crippen LogP contribution in [0.3, 0.4) is 0 Å². The minimum Gasteiger partial charge on any atom is -0.465 e. The number of carbonyl (C=O) groups is 1. The first kappa shape index (κ1) is 11.0. The summed E-state index contributed by atoms with van der Waals surface area (Å²) in [6.45, 7) is 4.32. The number of ether oxygens (including phenoxy) is 2. The quantitative estimate of drug-likeness (QED) is 0.467. The summed E-state index contributed by atoms with van der Waals surface area (Å²) in [4.78, 5) is 13.4. The van der Waals surface area contributed by atoms with E-state index >= 15 is 0 Å². The smallest absolute Gasteiger partial charge is 0.325 e. The van der Waals surface area contributed by atoms with Crippen LogP contribution in [-0.2, 0) is 14.3 Å². The highest BCUT2D eigenvalue weighted by Gasteiger charge is 2.29. The zero-order valence-corrected chi connectivity index (χ0v) is 8.36. The van der Waals surface area contributed by atoms with Crippen LogP contribution in [0.15, 0.2) is 0 Å². The number of hydrogen-bond acceptors (Lipinski definition) is 4. The molecule has 0 aromatic carbocycles. The molecule has 0 radical (unpaired) electrons. The van der Waals surface area contributed by atoms with Gasteiger partial charge in [-0.3, -0.25) is 9.69 Å². The third-order valence-corrected chi connectivity index (χ3v) is 2.09. The topological polar surface area (TPSA) is 38.8 Å². The summed E-state index contributed by atoms with van der Waals surface area (Å²) in [5, 5.41) is 0. The number of nitrogens with zero attached hydrogens (tertiary/aromatic N) is 1. The van der Waals surface area contributed by atoms with Crippen molar-refractivity contribution in [3.63, 3.8) is 0 Å². The SMILES string of the molecule is C#CCN1CCOC[C@H]1C(=O)OCC. The van der Waals surface area contributed by atoms with E-state index in [0.29, 0.717) is 32.9 Å². The minimum atomic E-state index is -0.334. The standard InChI is InChI=1S/C10H15NO3/c1-3-5-11-6-7-13-8-9(11)10(12)14-4-2/h1,9H,4-8H2,2H3/t9-/m0/s1. The molecule has 0 amide bonds. The van der Waals surface area contributed by atoms with Gasteiger partial charge in [-0.2, -0.15) is 0 Å². The summed E-state index contributed by atoms with van der Waals surface area (Å²) in [7, 11) is 0. The second-order valence-electron chi connectivity index (χ2n) is 3.02. The molecule has 1 rings (SSSR count). The highest BCUT2D eigenvalue weighted by Crippen LogP contribution is 2.07. The second kappa shape index (κ2) is 5.63. The van der Waals surface area contributed by atoms with Gasteiger partial charge in [-0.05, 0) is 6.92 Å². The van der Waals surface area contributed by atoms with Crippen LogP contribution in [0.5, 0.6) is 0 Å². The zero-order valence-electron chi connectivity index (χ0n) is 8.36. The lowest BCUT2D eigenvalue weighted by atomic mass is 10.2. The monoisotopic (exact) mass is 197 g/mol. The Morgan fingerprint density at radius 2 is 2.57 bits per heavy atom. The first-order valence-electron chi connectivity index (χ1n) is 4.71. The molecular weight excluding hydrogens is 182 g/mol. The van der Waals surface area contributed by atoms with Gasteiger partial charge in [0.25, 0.3) is 0 Å².